The summed E-state index contributed by atoms with van der Waals surface area (Å²) >= 11 is 0. The van der Waals surface area contributed by atoms with Gasteiger partial charge in [-0.3, -0.25) is 0 Å². The van der Waals surface area contributed by atoms with E-state index in [2.05, 4.69) is 46.2 Å². The summed E-state index contributed by atoms with van der Waals surface area (Å²) in [6.45, 7) is 16.7. The molecule has 0 aromatic carbocycles. The highest BCUT2D eigenvalue weighted by Crippen LogP contribution is 2.36. The molecular formula is C13H32OSi2. The predicted octanol–water partition coefficient (Wildman–Crippen LogP) is 4.58. The lowest BCUT2D eigenvalue weighted by molar-refractivity contribution is 0.154. The summed E-state index contributed by atoms with van der Waals surface area (Å²) in [5.41, 5.74) is 0.603. The second-order valence-corrected chi connectivity index (χ2v) is 18.5. The molecule has 0 aromatic rings. The lowest BCUT2D eigenvalue weighted by Gasteiger charge is -2.37. The maximum Gasteiger partial charge on any atom is 0.0542 e. The molecule has 98 valence electrons. The van der Waals surface area contributed by atoms with Crippen LogP contribution in [0.4, 0.5) is 0 Å². The fourth-order valence-electron chi connectivity index (χ4n) is 2.29. The lowest BCUT2D eigenvalue weighted by Crippen LogP contribution is -2.40. The van der Waals surface area contributed by atoms with Crippen molar-refractivity contribution >= 4 is 16.1 Å². The molecule has 0 aliphatic heterocycles. The van der Waals surface area contributed by atoms with Crippen molar-refractivity contribution in [1.29, 1.82) is 0 Å². The topological polar surface area (TPSA) is 20.2 Å². The van der Waals surface area contributed by atoms with E-state index in [1.165, 1.54) is 18.9 Å². The Morgan fingerprint density at radius 1 is 1.00 bits per heavy atom. The minimum atomic E-state index is -1.22. The van der Waals surface area contributed by atoms with Gasteiger partial charge >= 0.3 is 0 Å². The van der Waals surface area contributed by atoms with E-state index in [4.69, 9.17) is 0 Å². The molecule has 0 spiro atoms. The quantitative estimate of drug-likeness (QED) is 0.664. The van der Waals surface area contributed by atoms with Crippen LogP contribution in [0, 0.1) is 0 Å². The monoisotopic (exact) mass is 260 g/mol. The highest BCUT2D eigenvalue weighted by Gasteiger charge is 2.35. The van der Waals surface area contributed by atoms with Crippen LogP contribution >= 0.6 is 0 Å². The average Bonchev–Trinajstić information content (AvgIpc) is 2.07. The van der Waals surface area contributed by atoms with Crippen LogP contribution in [0.25, 0.3) is 0 Å². The number of rotatable bonds is 7. The van der Waals surface area contributed by atoms with Gasteiger partial charge in [0.1, 0.15) is 0 Å². The van der Waals surface area contributed by atoms with Gasteiger partial charge in [0, 0.05) is 16.1 Å². The molecular weight excluding hydrogens is 228 g/mol. The van der Waals surface area contributed by atoms with E-state index in [9.17, 15) is 5.11 Å². The van der Waals surface area contributed by atoms with Crippen molar-refractivity contribution in [1.82, 2.24) is 0 Å². The van der Waals surface area contributed by atoms with Crippen LogP contribution in [0.15, 0.2) is 0 Å². The van der Waals surface area contributed by atoms with E-state index >= 15 is 0 Å². The van der Waals surface area contributed by atoms with Gasteiger partial charge in [0.15, 0.2) is 0 Å². The van der Waals surface area contributed by atoms with Gasteiger partial charge in [-0.25, -0.2) is 0 Å². The highest BCUT2D eigenvalue weighted by molar-refractivity contribution is 6.82. The van der Waals surface area contributed by atoms with Gasteiger partial charge in [-0.1, -0.05) is 65.1 Å². The molecule has 0 fully saturated rings. The van der Waals surface area contributed by atoms with Crippen LogP contribution in [-0.4, -0.2) is 27.4 Å². The minimum Gasteiger partial charge on any atom is -0.393 e. The Labute approximate surface area is 105 Å². The van der Waals surface area contributed by atoms with E-state index in [0.29, 0.717) is 5.54 Å². The van der Waals surface area contributed by atoms with Crippen molar-refractivity contribution in [2.45, 2.75) is 83.2 Å². The number of aliphatic hydroxyl groups excluding tert-OH is 1. The van der Waals surface area contributed by atoms with Crippen molar-refractivity contribution < 1.29 is 5.11 Å². The maximum atomic E-state index is 10.4. The molecule has 0 unspecified atom stereocenters. The average molecular weight is 261 g/mol. The SMILES string of the molecule is CCCC[C@@H](O)[C@H](C[Si](C)(C)C)[Si](C)(C)C. The van der Waals surface area contributed by atoms with Crippen molar-refractivity contribution in [2.24, 2.45) is 0 Å². The third-order valence-electron chi connectivity index (χ3n) is 3.26. The Morgan fingerprint density at radius 2 is 1.50 bits per heavy atom. The fraction of sp³-hybridized carbons (Fsp3) is 1.00. The zero-order chi connectivity index (χ0) is 13.0. The molecule has 1 nitrogen and oxygen atoms in total. The van der Waals surface area contributed by atoms with Gasteiger partial charge in [0.05, 0.1) is 6.10 Å². The summed E-state index contributed by atoms with van der Waals surface area (Å²) < 4.78 is 0. The maximum absolute atomic E-state index is 10.4. The van der Waals surface area contributed by atoms with Crippen LogP contribution in [0.5, 0.6) is 0 Å². The summed E-state index contributed by atoms with van der Waals surface area (Å²) in [6.07, 6.45) is 3.34. The molecule has 0 amide bonds. The van der Waals surface area contributed by atoms with Gasteiger partial charge in [0.25, 0.3) is 0 Å². The fourth-order valence-corrected chi connectivity index (χ4v) is 9.49. The summed E-state index contributed by atoms with van der Waals surface area (Å²) in [7, 11) is -2.28. The van der Waals surface area contributed by atoms with Crippen LogP contribution in [0.3, 0.4) is 0 Å². The summed E-state index contributed by atoms with van der Waals surface area (Å²) in [4.78, 5) is 0. The molecule has 2 atom stereocenters. The van der Waals surface area contributed by atoms with Crippen LogP contribution in [0.1, 0.15) is 26.2 Å². The molecule has 0 heterocycles. The highest BCUT2D eigenvalue weighted by atomic mass is 28.3. The summed E-state index contributed by atoms with van der Waals surface area (Å²) in [5.74, 6) is 0. The molecule has 0 aromatic heterocycles. The molecule has 0 saturated carbocycles. The van der Waals surface area contributed by atoms with E-state index in [1.807, 2.05) is 0 Å². The zero-order valence-electron chi connectivity index (χ0n) is 12.4. The minimum absolute atomic E-state index is 0.0432. The molecule has 0 aliphatic carbocycles. The second-order valence-electron chi connectivity index (χ2n) is 7.45. The summed E-state index contributed by atoms with van der Waals surface area (Å²) in [6, 6.07) is 1.30. The molecule has 1 N–H and O–H groups in total. The normalized spacial score (nSPS) is 17.2. The second kappa shape index (κ2) is 6.36. The van der Waals surface area contributed by atoms with Crippen molar-refractivity contribution in [2.75, 3.05) is 0 Å². The first-order chi connectivity index (χ1) is 7.08. The molecule has 3 heteroatoms. The molecule has 0 radical (unpaired) electrons. The van der Waals surface area contributed by atoms with Crippen LogP contribution in [0.2, 0.25) is 50.9 Å². The first-order valence-electron chi connectivity index (χ1n) is 6.76. The third kappa shape index (κ3) is 6.87. The number of unbranched alkanes of at least 4 members (excludes halogenated alkanes) is 1. The van der Waals surface area contributed by atoms with E-state index in [-0.39, 0.29) is 6.10 Å². The van der Waals surface area contributed by atoms with Crippen LogP contribution < -0.4 is 0 Å². The van der Waals surface area contributed by atoms with Gasteiger partial charge in [0.2, 0.25) is 0 Å². The third-order valence-corrected chi connectivity index (χ3v) is 8.15. The summed E-state index contributed by atoms with van der Waals surface area (Å²) in [5, 5.41) is 10.4. The predicted molar refractivity (Wildman–Crippen MR) is 80.8 cm³/mol. The molecule has 0 aliphatic rings. The number of hydrogen-bond acceptors (Lipinski definition) is 1. The van der Waals surface area contributed by atoms with E-state index in [1.54, 1.807) is 0 Å². The molecule has 0 bridgehead atoms. The Kier molecular flexibility index (Phi) is 6.52. The Bertz CT molecular complexity index is 191. The molecule has 16 heavy (non-hydrogen) atoms. The lowest BCUT2D eigenvalue weighted by atomic mass is 10.1. The molecule has 0 saturated heterocycles. The van der Waals surface area contributed by atoms with Crippen molar-refractivity contribution in [3.63, 3.8) is 0 Å². The number of hydrogen-bond donors (Lipinski definition) is 1. The number of aliphatic hydroxyl groups is 1. The Hall–Kier alpha value is 0.394. The largest absolute Gasteiger partial charge is 0.393 e. The zero-order valence-corrected chi connectivity index (χ0v) is 14.4. The van der Waals surface area contributed by atoms with Crippen molar-refractivity contribution in [3.05, 3.63) is 0 Å². The standard InChI is InChI=1S/C13H32OSi2/c1-8-9-10-12(14)13(16(5,6)7)11-15(2,3)4/h12-14H,8-11H2,1-7H3/t12-,13+/m1/s1. The van der Waals surface area contributed by atoms with Gasteiger partial charge in [-0.2, -0.15) is 0 Å². The van der Waals surface area contributed by atoms with Gasteiger partial charge in [-0.05, 0) is 12.0 Å². The first-order valence-corrected chi connectivity index (χ1v) is 14.0. The molecule has 0 rings (SSSR count). The van der Waals surface area contributed by atoms with Gasteiger partial charge in [-0.15, -0.1) is 0 Å². The Balaban J connectivity index is 4.55. The Morgan fingerprint density at radius 3 is 1.81 bits per heavy atom. The van der Waals surface area contributed by atoms with E-state index in [0.717, 1.165) is 6.42 Å². The van der Waals surface area contributed by atoms with Crippen molar-refractivity contribution in [3.8, 4) is 0 Å². The first kappa shape index (κ1) is 16.4. The smallest absolute Gasteiger partial charge is 0.0542 e. The van der Waals surface area contributed by atoms with Crippen LogP contribution in [-0.2, 0) is 0 Å². The van der Waals surface area contributed by atoms with E-state index < -0.39 is 16.1 Å². The van der Waals surface area contributed by atoms with Gasteiger partial charge < -0.3 is 5.11 Å².